The highest BCUT2D eigenvalue weighted by atomic mass is 35.5. The summed E-state index contributed by atoms with van der Waals surface area (Å²) in [5, 5.41) is 12.1. The number of sulfone groups is 1. The van der Waals surface area contributed by atoms with Gasteiger partial charge in [-0.3, -0.25) is 4.79 Å². The van der Waals surface area contributed by atoms with Crippen molar-refractivity contribution in [3.63, 3.8) is 0 Å². The number of benzene rings is 1. The molecule has 2 aromatic rings. The number of aryl methyl sites for hydroxylation is 1. The maximum absolute atomic E-state index is 12.7. The average Bonchev–Trinajstić information content (AvgIpc) is 3.10. The standard InChI is InChI=1S/C16H14ClN3O3S/c1-10-6-11(17)2-3-14(10)24(22,23)12-7-13(19-8-12)15(21)20-16(9-18)4-5-16/h2-3,6-8,19H,4-5H2,1H3,(H,20,21). The molecule has 0 spiro atoms. The molecule has 0 radical (unpaired) electrons. The fraction of sp³-hybridized carbons (Fsp3) is 0.250. The fourth-order valence-corrected chi connectivity index (χ4v) is 4.07. The summed E-state index contributed by atoms with van der Waals surface area (Å²) < 4.78 is 25.4. The second kappa shape index (κ2) is 5.65. The van der Waals surface area contributed by atoms with E-state index in [0.717, 1.165) is 0 Å². The number of carbonyl (C=O) groups excluding carboxylic acids is 1. The predicted octanol–water partition coefficient (Wildman–Crippen LogP) is 2.60. The molecule has 0 bridgehead atoms. The van der Waals surface area contributed by atoms with Crippen molar-refractivity contribution in [1.29, 1.82) is 5.26 Å². The summed E-state index contributed by atoms with van der Waals surface area (Å²) in [7, 11) is -3.77. The number of amides is 1. The molecule has 1 aliphatic rings. The van der Waals surface area contributed by atoms with E-state index in [2.05, 4.69) is 16.4 Å². The van der Waals surface area contributed by atoms with Gasteiger partial charge in [-0.15, -0.1) is 0 Å². The largest absolute Gasteiger partial charge is 0.356 e. The molecular formula is C16H14ClN3O3S. The zero-order valence-electron chi connectivity index (χ0n) is 12.8. The molecule has 1 aromatic heterocycles. The third-order valence-electron chi connectivity index (χ3n) is 3.95. The molecule has 8 heteroatoms. The summed E-state index contributed by atoms with van der Waals surface area (Å²) in [6.45, 7) is 1.66. The number of halogens is 1. The van der Waals surface area contributed by atoms with Crippen LogP contribution in [0.3, 0.4) is 0 Å². The highest BCUT2D eigenvalue weighted by Crippen LogP contribution is 2.34. The van der Waals surface area contributed by atoms with Gasteiger partial charge in [0.1, 0.15) is 11.2 Å². The Hall–Kier alpha value is -2.30. The van der Waals surface area contributed by atoms with Crippen molar-refractivity contribution in [3.8, 4) is 6.07 Å². The maximum atomic E-state index is 12.7. The Balaban J connectivity index is 1.89. The van der Waals surface area contributed by atoms with Gasteiger partial charge in [0.2, 0.25) is 9.84 Å². The summed E-state index contributed by atoms with van der Waals surface area (Å²) in [5.41, 5.74) is -0.189. The fourth-order valence-electron chi connectivity index (χ4n) is 2.38. The van der Waals surface area contributed by atoms with Crippen molar-refractivity contribution in [2.45, 2.75) is 35.1 Å². The van der Waals surface area contributed by atoms with Gasteiger partial charge >= 0.3 is 0 Å². The SMILES string of the molecule is Cc1cc(Cl)ccc1S(=O)(=O)c1c[nH]c(C(=O)NC2(C#N)CC2)c1. The summed E-state index contributed by atoms with van der Waals surface area (Å²) in [5.74, 6) is -0.497. The van der Waals surface area contributed by atoms with Gasteiger partial charge in [0.15, 0.2) is 0 Å². The van der Waals surface area contributed by atoms with Crippen LogP contribution >= 0.6 is 11.6 Å². The Morgan fingerprint density at radius 1 is 1.38 bits per heavy atom. The monoisotopic (exact) mass is 363 g/mol. The first-order chi connectivity index (χ1) is 11.3. The maximum Gasteiger partial charge on any atom is 0.268 e. The van der Waals surface area contributed by atoms with Crippen LogP contribution in [0.4, 0.5) is 0 Å². The zero-order chi connectivity index (χ0) is 17.5. The summed E-state index contributed by atoms with van der Waals surface area (Å²) in [6.07, 6.45) is 2.47. The van der Waals surface area contributed by atoms with Gasteiger partial charge in [-0.25, -0.2) is 8.42 Å². The summed E-state index contributed by atoms with van der Waals surface area (Å²) in [4.78, 5) is 14.9. The van der Waals surface area contributed by atoms with Gasteiger partial charge in [-0.2, -0.15) is 5.26 Å². The quantitative estimate of drug-likeness (QED) is 0.871. The number of hydrogen-bond donors (Lipinski definition) is 2. The van der Waals surface area contributed by atoms with E-state index in [1.54, 1.807) is 13.0 Å². The van der Waals surface area contributed by atoms with Crippen LogP contribution in [0.5, 0.6) is 0 Å². The molecule has 1 aliphatic carbocycles. The molecule has 124 valence electrons. The van der Waals surface area contributed by atoms with Crippen LogP contribution in [0.15, 0.2) is 40.3 Å². The van der Waals surface area contributed by atoms with Gasteiger partial charge < -0.3 is 10.3 Å². The topological polar surface area (TPSA) is 103 Å². The van der Waals surface area contributed by atoms with Crippen molar-refractivity contribution in [2.75, 3.05) is 0 Å². The van der Waals surface area contributed by atoms with Gasteiger partial charge in [0, 0.05) is 11.2 Å². The van der Waals surface area contributed by atoms with Gasteiger partial charge in [-0.05, 0) is 49.6 Å². The normalized spacial score (nSPS) is 15.5. The molecule has 1 saturated carbocycles. The van der Waals surface area contributed by atoms with Crippen LogP contribution < -0.4 is 5.32 Å². The second-order valence-corrected chi connectivity index (χ2v) is 8.16. The van der Waals surface area contributed by atoms with Crippen molar-refractivity contribution in [2.24, 2.45) is 0 Å². The first kappa shape index (κ1) is 16.6. The lowest BCUT2D eigenvalue weighted by Gasteiger charge is -2.07. The molecule has 0 atom stereocenters. The van der Waals surface area contributed by atoms with Gasteiger partial charge in [0.25, 0.3) is 5.91 Å². The third-order valence-corrected chi connectivity index (χ3v) is 6.08. The van der Waals surface area contributed by atoms with E-state index >= 15 is 0 Å². The zero-order valence-corrected chi connectivity index (χ0v) is 14.3. The van der Waals surface area contributed by atoms with E-state index in [9.17, 15) is 13.2 Å². The van der Waals surface area contributed by atoms with E-state index in [4.69, 9.17) is 16.9 Å². The number of hydrogen-bond acceptors (Lipinski definition) is 4. The molecule has 0 aliphatic heterocycles. The molecule has 1 aromatic carbocycles. The van der Waals surface area contributed by atoms with Crippen molar-refractivity contribution < 1.29 is 13.2 Å². The Labute approximate surface area is 144 Å². The number of aromatic nitrogens is 1. The highest BCUT2D eigenvalue weighted by Gasteiger charge is 2.45. The number of rotatable bonds is 4. The van der Waals surface area contributed by atoms with E-state index in [1.165, 1.54) is 24.4 Å². The molecular weight excluding hydrogens is 350 g/mol. The lowest BCUT2D eigenvalue weighted by molar-refractivity contribution is 0.0937. The molecule has 1 heterocycles. The van der Waals surface area contributed by atoms with Crippen LogP contribution in [0.1, 0.15) is 28.9 Å². The first-order valence-corrected chi connectivity index (χ1v) is 9.07. The average molecular weight is 364 g/mol. The molecule has 1 amide bonds. The number of aromatic amines is 1. The number of H-pyrrole nitrogens is 1. The van der Waals surface area contributed by atoms with E-state index in [-0.39, 0.29) is 15.5 Å². The predicted molar refractivity (Wildman–Crippen MR) is 87.5 cm³/mol. The van der Waals surface area contributed by atoms with Crippen LogP contribution in [0.2, 0.25) is 5.02 Å². The van der Waals surface area contributed by atoms with Gasteiger partial charge in [0.05, 0.1) is 15.9 Å². The van der Waals surface area contributed by atoms with Gasteiger partial charge in [-0.1, -0.05) is 11.6 Å². The van der Waals surface area contributed by atoms with Crippen LogP contribution in [0.25, 0.3) is 0 Å². The molecule has 0 saturated heterocycles. The Kier molecular flexibility index (Phi) is 3.90. The Morgan fingerprint density at radius 2 is 2.08 bits per heavy atom. The highest BCUT2D eigenvalue weighted by molar-refractivity contribution is 7.91. The lowest BCUT2D eigenvalue weighted by Crippen LogP contribution is -2.35. The molecule has 0 unspecified atom stereocenters. The van der Waals surface area contributed by atoms with E-state index in [1.807, 2.05) is 0 Å². The Bertz CT molecular complexity index is 969. The van der Waals surface area contributed by atoms with Crippen molar-refractivity contribution >= 4 is 27.3 Å². The van der Waals surface area contributed by atoms with E-state index < -0.39 is 21.3 Å². The molecule has 3 rings (SSSR count). The lowest BCUT2D eigenvalue weighted by atomic mass is 10.2. The minimum Gasteiger partial charge on any atom is -0.356 e. The summed E-state index contributed by atoms with van der Waals surface area (Å²) >= 11 is 5.86. The second-order valence-electron chi connectivity index (χ2n) is 5.81. The number of nitriles is 1. The van der Waals surface area contributed by atoms with Crippen LogP contribution in [-0.2, 0) is 9.84 Å². The van der Waals surface area contributed by atoms with E-state index in [0.29, 0.717) is 23.4 Å². The molecule has 1 fully saturated rings. The first-order valence-electron chi connectivity index (χ1n) is 7.21. The smallest absolute Gasteiger partial charge is 0.268 e. The third kappa shape index (κ3) is 2.90. The molecule has 6 nitrogen and oxygen atoms in total. The van der Waals surface area contributed by atoms with Crippen molar-refractivity contribution in [3.05, 3.63) is 46.7 Å². The Morgan fingerprint density at radius 3 is 2.67 bits per heavy atom. The number of carbonyl (C=O) groups is 1. The molecule has 2 N–H and O–H groups in total. The van der Waals surface area contributed by atoms with Crippen LogP contribution in [0, 0.1) is 18.3 Å². The van der Waals surface area contributed by atoms with Crippen LogP contribution in [-0.4, -0.2) is 24.8 Å². The minimum absolute atomic E-state index is 0.0140. The molecule has 24 heavy (non-hydrogen) atoms. The minimum atomic E-state index is -3.77. The number of nitrogens with one attached hydrogen (secondary N) is 2. The van der Waals surface area contributed by atoms with Crippen molar-refractivity contribution in [1.82, 2.24) is 10.3 Å². The number of nitrogens with zero attached hydrogens (tertiary/aromatic N) is 1. The summed E-state index contributed by atoms with van der Waals surface area (Å²) in [6, 6.07) is 7.83.